The van der Waals surface area contributed by atoms with Crippen molar-refractivity contribution < 1.29 is 0 Å². The average Bonchev–Trinajstić information content (AvgIpc) is 2.99. The van der Waals surface area contributed by atoms with E-state index in [0.29, 0.717) is 11.0 Å². The molecule has 2 rings (SSSR count). The first-order valence-electron chi connectivity index (χ1n) is 6.91. The van der Waals surface area contributed by atoms with Crippen LogP contribution in [0.5, 0.6) is 0 Å². The molecule has 1 heterocycles. The van der Waals surface area contributed by atoms with E-state index in [1.807, 2.05) is 37.4 Å². The Balaban J connectivity index is 1.91. The number of benzene rings is 1. The zero-order valence-electron chi connectivity index (χ0n) is 12.5. The molecule has 0 bridgehead atoms. The molecule has 5 heteroatoms. The van der Waals surface area contributed by atoms with Gasteiger partial charge in [-0.25, -0.2) is 0 Å². The number of nitrogens with one attached hydrogen (secondary N) is 3. The summed E-state index contributed by atoms with van der Waals surface area (Å²) in [5.41, 5.74) is 6.91. The van der Waals surface area contributed by atoms with Crippen LogP contribution in [-0.4, -0.2) is 15.8 Å². The second kappa shape index (κ2) is 7.04. The monoisotopic (exact) mass is 300 g/mol. The summed E-state index contributed by atoms with van der Waals surface area (Å²) in [5.74, 6) is 0.525. The number of rotatable bonds is 4. The zero-order chi connectivity index (χ0) is 15.2. The van der Waals surface area contributed by atoms with Gasteiger partial charge in [0, 0.05) is 11.9 Å². The van der Waals surface area contributed by atoms with Crippen LogP contribution in [-0.2, 0) is 0 Å². The minimum absolute atomic E-state index is 0.471. The fraction of sp³-hybridized carbons (Fsp3) is 0.250. The summed E-state index contributed by atoms with van der Waals surface area (Å²) in [7, 11) is 0. The molecule has 0 unspecified atom stereocenters. The summed E-state index contributed by atoms with van der Waals surface area (Å²) in [6.45, 7) is 6.26. The Morgan fingerprint density at radius 3 is 2.48 bits per heavy atom. The minimum Gasteiger partial charge on any atom is -0.360 e. The smallest absolute Gasteiger partial charge is 0.191 e. The molecule has 0 radical (unpaired) electrons. The highest BCUT2D eigenvalue weighted by Gasteiger charge is 2.01. The van der Waals surface area contributed by atoms with Crippen LogP contribution in [0.1, 0.15) is 37.9 Å². The van der Waals surface area contributed by atoms with Gasteiger partial charge in [-0.15, -0.1) is 0 Å². The molecular weight excluding hydrogens is 280 g/mol. The molecule has 0 saturated heterocycles. The second-order valence-corrected chi connectivity index (χ2v) is 5.53. The number of thiocarbonyl (C=S) groups is 1. The summed E-state index contributed by atoms with van der Waals surface area (Å²) in [5, 5.41) is 7.82. The fourth-order valence-corrected chi connectivity index (χ4v) is 2.02. The van der Waals surface area contributed by atoms with E-state index in [1.165, 1.54) is 5.56 Å². The summed E-state index contributed by atoms with van der Waals surface area (Å²) in [4.78, 5) is 3.09. The average molecular weight is 300 g/mol. The number of H-pyrrole nitrogens is 1. The Labute approximate surface area is 130 Å². The molecule has 0 aliphatic heterocycles. The topological polar surface area (TPSA) is 52.2 Å². The van der Waals surface area contributed by atoms with Gasteiger partial charge in [0.25, 0.3) is 0 Å². The highest BCUT2D eigenvalue weighted by Crippen LogP contribution is 2.16. The number of anilines is 1. The van der Waals surface area contributed by atoms with Gasteiger partial charge in [-0.2, -0.15) is 5.10 Å². The summed E-state index contributed by atoms with van der Waals surface area (Å²) in [6.07, 6.45) is 1.86. The molecule has 1 aromatic heterocycles. The van der Waals surface area contributed by atoms with E-state index in [2.05, 4.69) is 46.8 Å². The third-order valence-corrected chi connectivity index (χ3v) is 3.34. The van der Waals surface area contributed by atoms with Gasteiger partial charge in [0.15, 0.2) is 5.11 Å². The van der Waals surface area contributed by atoms with Crippen molar-refractivity contribution in [1.29, 1.82) is 0 Å². The summed E-state index contributed by atoms with van der Waals surface area (Å²) >= 11 is 5.23. The highest BCUT2D eigenvalue weighted by molar-refractivity contribution is 7.80. The molecule has 0 atom stereocenters. The summed E-state index contributed by atoms with van der Waals surface area (Å²) < 4.78 is 0. The van der Waals surface area contributed by atoms with Gasteiger partial charge in [-0.3, -0.25) is 5.43 Å². The maximum absolute atomic E-state index is 5.23. The first kappa shape index (κ1) is 15.3. The van der Waals surface area contributed by atoms with E-state index in [9.17, 15) is 0 Å². The molecule has 0 saturated carbocycles. The Bertz CT molecular complexity index is 612. The van der Waals surface area contributed by atoms with Gasteiger partial charge < -0.3 is 10.3 Å². The van der Waals surface area contributed by atoms with Gasteiger partial charge in [0.1, 0.15) is 0 Å². The van der Waals surface area contributed by atoms with E-state index in [1.54, 1.807) is 0 Å². The molecule has 0 aliphatic carbocycles. The van der Waals surface area contributed by atoms with E-state index < -0.39 is 0 Å². The van der Waals surface area contributed by atoms with Gasteiger partial charge in [-0.1, -0.05) is 26.0 Å². The van der Waals surface area contributed by atoms with E-state index in [4.69, 9.17) is 12.2 Å². The fourth-order valence-electron chi connectivity index (χ4n) is 1.86. The Morgan fingerprint density at radius 2 is 1.90 bits per heavy atom. The van der Waals surface area contributed by atoms with Crippen molar-refractivity contribution in [2.24, 2.45) is 5.10 Å². The molecule has 2 aromatic rings. The lowest BCUT2D eigenvalue weighted by Gasteiger charge is -2.10. The lowest BCUT2D eigenvalue weighted by Crippen LogP contribution is -2.25. The predicted octanol–water partition coefficient (Wildman–Crippen LogP) is 3.85. The molecule has 0 fully saturated rings. The van der Waals surface area contributed by atoms with Crippen LogP contribution >= 0.6 is 12.2 Å². The number of aromatic nitrogens is 1. The molecule has 21 heavy (non-hydrogen) atoms. The van der Waals surface area contributed by atoms with Gasteiger partial charge in [-0.05, 0) is 54.9 Å². The van der Waals surface area contributed by atoms with E-state index in [-0.39, 0.29) is 0 Å². The van der Waals surface area contributed by atoms with E-state index >= 15 is 0 Å². The van der Waals surface area contributed by atoms with Crippen molar-refractivity contribution in [1.82, 2.24) is 10.4 Å². The Morgan fingerprint density at radius 1 is 1.19 bits per heavy atom. The zero-order valence-corrected chi connectivity index (χ0v) is 13.3. The molecule has 0 aliphatic rings. The van der Waals surface area contributed by atoms with Crippen LogP contribution in [0.4, 0.5) is 5.69 Å². The van der Waals surface area contributed by atoms with E-state index in [0.717, 1.165) is 17.1 Å². The van der Waals surface area contributed by atoms with Crippen LogP contribution in [0.15, 0.2) is 47.7 Å². The van der Waals surface area contributed by atoms with Crippen LogP contribution in [0.25, 0.3) is 0 Å². The maximum atomic E-state index is 5.23. The van der Waals surface area contributed by atoms with Crippen LogP contribution < -0.4 is 10.7 Å². The number of hydrazone groups is 1. The van der Waals surface area contributed by atoms with Crippen molar-refractivity contribution >= 4 is 28.7 Å². The molecule has 1 aromatic carbocycles. The van der Waals surface area contributed by atoms with Crippen molar-refractivity contribution in [3.8, 4) is 0 Å². The quantitative estimate of drug-likeness (QED) is 0.457. The number of nitrogens with zero attached hydrogens (tertiary/aromatic N) is 1. The van der Waals surface area contributed by atoms with Crippen molar-refractivity contribution in [3.05, 3.63) is 53.9 Å². The first-order valence-corrected chi connectivity index (χ1v) is 7.32. The number of hydrogen-bond donors (Lipinski definition) is 3. The lowest BCUT2D eigenvalue weighted by atomic mass is 10.0. The van der Waals surface area contributed by atoms with Crippen LogP contribution in [0.3, 0.4) is 0 Å². The predicted molar refractivity (Wildman–Crippen MR) is 92.9 cm³/mol. The largest absolute Gasteiger partial charge is 0.360 e. The summed E-state index contributed by atoms with van der Waals surface area (Å²) in [6, 6.07) is 12.1. The van der Waals surface area contributed by atoms with Crippen molar-refractivity contribution in [2.75, 3.05) is 5.32 Å². The second-order valence-electron chi connectivity index (χ2n) is 5.12. The molecule has 0 amide bonds. The van der Waals surface area contributed by atoms with Crippen molar-refractivity contribution in [3.63, 3.8) is 0 Å². The first-order chi connectivity index (χ1) is 10.1. The Hall–Kier alpha value is -2.14. The molecule has 4 nitrogen and oxygen atoms in total. The van der Waals surface area contributed by atoms with Crippen LogP contribution in [0, 0.1) is 0 Å². The standard InChI is InChI=1S/C16H20N4S/c1-11(2)13-6-8-14(9-7-13)18-16(21)20-19-12(3)15-5-4-10-17-15/h4-11,17H,1-3H3,(H2,18,20,21)/b19-12+. The van der Waals surface area contributed by atoms with Crippen molar-refractivity contribution in [2.45, 2.75) is 26.7 Å². The SMILES string of the molecule is C/C(=N\NC(=S)Nc1ccc(C(C)C)cc1)c1ccc[nH]1. The normalized spacial score (nSPS) is 11.5. The molecule has 0 spiro atoms. The molecule has 110 valence electrons. The van der Waals surface area contributed by atoms with Gasteiger partial charge >= 0.3 is 0 Å². The number of aromatic amines is 1. The Kier molecular flexibility index (Phi) is 5.11. The van der Waals surface area contributed by atoms with Crippen LogP contribution in [0.2, 0.25) is 0 Å². The molecular formula is C16H20N4S. The highest BCUT2D eigenvalue weighted by atomic mass is 32.1. The maximum Gasteiger partial charge on any atom is 0.191 e. The third kappa shape index (κ3) is 4.43. The molecule has 3 N–H and O–H groups in total. The minimum atomic E-state index is 0.471. The van der Waals surface area contributed by atoms with Gasteiger partial charge in [0.2, 0.25) is 0 Å². The third-order valence-electron chi connectivity index (χ3n) is 3.15. The lowest BCUT2D eigenvalue weighted by molar-refractivity contribution is 0.867. The van der Waals surface area contributed by atoms with Gasteiger partial charge in [0.05, 0.1) is 11.4 Å². The number of hydrogen-bond acceptors (Lipinski definition) is 2.